The van der Waals surface area contributed by atoms with E-state index in [4.69, 9.17) is 15.3 Å². The van der Waals surface area contributed by atoms with E-state index in [1.807, 2.05) is 38.1 Å². The predicted molar refractivity (Wildman–Crippen MR) is 69.0 cm³/mol. The summed E-state index contributed by atoms with van der Waals surface area (Å²) in [4.78, 5) is 0. The predicted octanol–water partition coefficient (Wildman–Crippen LogP) is 2.17. The van der Waals surface area contributed by atoms with E-state index in [1.54, 1.807) is 14.2 Å². The van der Waals surface area contributed by atoms with Crippen molar-refractivity contribution in [2.24, 2.45) is 5.84 Å². The quantitative estimate of drug-likeness (QED) is 0.467. The first-order chi connectivity index (χ1) is 8.12. The van der Waals surface area contributed by atoms with E-state index < -0.39 is 0 Å². The third kappa shape index (κ3) is 3.47. The van der Waals surface area contributed by atoms with Crippen LogP contribution >= 0.6 is 0 Å². The summed E-state index contributed by atoms with van der Waals surface area (Å²) in [5.41, 5.74) is 4.93. The molecule has 1 unspecified atom stereocenters. The summed E-state index contributed by atoms with van der Waals surface area (Å²) in [5.74, 6) is 7.08. The highest BCUT2D eigenvalue weighted by molar-refractivity contribution is 5.44. The van der Waals surface area contributed by atoms with Gasteiger partial charge in [-0.3, -0.25) is 5.84 Å². The van der Waals surface area contributed by atoms with Gasteiger partial charge in [0.25, 0.3) is 0 Å². The molecule has 3 N–H and O–H groups in total. The molecule has 1 atom stereocenters. The minimum atomic E-state index is -0.0687. The summed E-state index contributed by atoms with van der Waals surface area (Å²) < 4.78 is 10.5. The van der Waals surface area contributed by atoms with Gasteiger partial charge in [0.05, 0.1) is 20.3 Å². The van der Waals surface area contributed by atoms with Gasteiger partial charge in [0.2, 0.25) is 0 Å². The number of nitrogens with one attached hydrogen (secondary N) is 1. The molecule has 0 spiro atoms. The van der Waals surface area contributed by atoms with Crippen LogP contribution in [0.15, 0.2) is 29.8 Å². The van der Waals surface area contributed by atoms with Crippen molar-refractivity contribution in [3.63, 3.8) is 0 Å². The third-order valence-electron chi connectivity index (χ3n) is 2.46. The molecule has 94 valence electrons. The zero-order valence-corrected chi connectivity index (χ0v) is 10.8. The molecule has 4 heteroatoms. The molecule has 0 amide bonds. The van der Waals surface area contributed by atoms with Gasteiger partial charge in [-0.15, -0.1) is 0 Å². The number of hydrazine groups is 1. The standard InChI is InChI=1S/C13H20N2O2/c1-9(2)7-12(15-14)11-6-5-10(16-3)8-13(11)17-4/h5-8,12,15H,14H2,1-4H3. The molecular formula is C13H20N2O2. The van der Waals surface area contributed by atoms with Gasteiger partial charge < -0.3 is 9.47 Å². The number of ether oxygens (including phenoxy) is 2. The van der Waals surface area contributed by atoms with Crippen molar-refractivity contribution in [3.05, 3.63) is 35.4 Å². The topological polar surface area (TPSA) is 56.5 Å². The Bertz CT molecular complexity index is 398. The highest BCUT2D eigenvalue weighted by atomic mass is 16.5. The van der Waals surface area contributed by atoms with Gasteiger partial charge in [0.1, 0.15) is 11.5 Å². The second kappa shape index (κ2) is 6.27. The Morgan fingerprint density at radius 1 is 1.29 bits per heavy atom. The molecule has 4 nitrogen and oxygen atoms in total. The molecular weight excluding hydrogens is 216 g/mol. The second-order valence-electron chi connectivity index (χ2n) is 4.00. The first-order valence-corrected chi connectivity index (χ1v) is 5.45. The van der Waals surface area contributed by atoms with Crippen LogP contribution in [-0.2, 0) is 0 Å². The highest BCUT2D eigenvalue weighted by Gasteiger charge is 2.13. The second-order valence-corrected chi connectivity index (χ2v) is 4.00. The molecule has 17 heavy (non-hydrogen) atoms. The first kappa shape index (κ1) is 13.5. The first-order valence-electron chi connectivity index (χ1n) is 5.45. The Morgan fingerprint density at radius 2 is 2.00 bits per heavy atom. The number of nitrogens with two attached hydrogens (primary N) is 1. The molecule has 0 radical (unpaired) electrons. The van der Waals surface area contributed by atoms with Crippen LogP contribution in [0.4, 0.5) is 0 Å². The number of rotatable bonds is 5. The van der Waals surface area contributed by atoms with Gasteiger partial charge in [-0.2, -0.15) is 0 Å². The van der Waals surface area contributed by atoms with Crippen LogP contribution in [0.2, 0.25) is 0 Å². The average molecular weight is 236 g/mol. The van der Waals surface area contributed by atoms with Crippen molar-refractivity contribution in [1.29, 1.82) is 0 Å². The maximum Gasteiger partial charge on any atom is 0.127 e. The summed E-state index contributed by atoms with van der Waals surface area (Å²) in [6.45, 7) is 4.06. The molecule has 0 fully saturated rings. The summed E-state index contributed by atoms with van der Waals surface area (Å²) in [6, 6.07) is 5.61. The van der Waals surface area contributed by atoms with Gasteiger partial charge in [-0.1, -0.05) is 11.6 Å². The van der Waals surface area contributed by atoms with Crippen molar-refractivity contribution in [3.8, 4) is 11.5 Å². The minimum absolute atomic E-state index is 0.0687. The van der Waals surface area contributed by atoms with Crippen molar-refractivity contribution < 1.29 is 9.47 Å². The number of allylic oxidation sites excluding steroid dienone is 1. The molecule has 0 aliphatic heterocycles. The van der Waals surface area contributed by atoms with Crippen LogP contribution in [0.3, 0.4) is 0 Å². The van der Waals surface area contributed by atoms with Crippen molar-refractivity contribution in [1.82, 2.24) is 5.43 Å². The molecule has 0 saturated carbocycles. The minimum Gasteiger partial charge on any atom is -0.497 e. The number of methoxy groups -OCH3 is 2. The highest BCUT2D eigenvalue weighted by Crippen LogP contribution is 2.30. The summed E-state index contributed by atoms with van der Waals surface area (Å²) in [6.07, 6.45) is 2.05. The van der Waals surface area contributed by atoms with E-state index in [-0.39, 0.29) is 6.04 Å². The van der Waals surface area contributed by atoms with E-state index in [1.165, 1.54) is 5.57 Å². The number of hydrogen-bond acceptors (Lipinski definition) is 4. The average Bonchev–Trinajstić information content (AvgIpc) is 2.35. The van der Waals surface area contributed by atoms with E-state index in [0.717, 1.165) is 17.1 Å². The Labute approximate surface area is 102 Å². The van der Waals surface area contributed by atoms with E-state index in [0.29, 0.717) is 0 Å². The van der Waals surface area contributed by atoms with Crippen LogP contribution in [0, 0.1) is 0 Å². The SMILES string of the molecule is COc1ccc(C(C=C(C)C)NN)c(OC)c1. The van der Waals surface area contributed by atoms with Gasteiger partial charge in [0.15, 0.2) is 0 Å². The lowest BCUT2D eigenvalue weighted by molar-refractivity contribution is 0.388. The molecule has 0 bridgehead atoms. The van der Waals surface area contributed by atoms with Crippen LogP contribution < -0.4 is 20.7 Å². The Kier molecular flexibility index (Phi) is 5.00. The fourth-order valence-corrected chi connectivity index (χ4v) is 1.64. The lowest BCUT2D eigenvalue weighted by Gasteiger charge is -2.17. The fourth-order valence-electron chi connectivity index (χ4n) is 1.64. The monoisotopic (exact) mass is 236 g/mol. The van der Waals surface area contributed by atoms with E-state index in [2.05, 4.69) is 5.43 Å². The van der Waals surface area contributed by atoms with Crippen molar-refractivity contribution in [2.45, 2.75) is 19.9 Å². The van der Waals surface area contributed by atoms with Gasteiger partial charge in [-0.05, 0) is 26.0 Å². The molecule has 1 aromatic rings. The maximum absolute atomic E-state index is 5.57. The molecule has 0 aliphatic carbocycles. The largest absolute Gasteiger partial charge is 0.497 e. The third-order valence-corrected chi connectivity index (χ3v) is 2.46. The van der Waals surface area contributed by atoms with Crippen LogP contribution in [0.5, 0.6) is 11.5 Å². The van der Waals surface area contributed by atoms with Crippen LogP contribution in [0.25, 0.3) is 0 Å². The van der Waals surface area contributed by atoms with Gasteiger partial charge in [-0.25, -0.2) is 5.43 Å². The lowest BCUT2D eigenvalue weighted by atomic mass is 10.0. The zero-order valence-electron chi connectivity index (χ0n) is 10.8. The molecule has 0 aromatic heterocycles. The number of benzene rings is 1. The van der Waals surface area contributed by atoms with Crippen LogP contribution in [-0.4, -0.2) is 14.2 Å². The smallest absolute Gasteiger partial charge is 0.127 e. The molecule has 0 heterocycles. The molecule has 0 saturated heterocycles. The van der Waals surface area contributed by atoms with Gasteiger partial charge >= 0.3 is 0 Å². The summed E-state index contributed by atoms with van der Waals surface area (Å²) in [5, 5.41) is 0. The summed E-state index contributed by atoms with van der Waals surface area (Å²) in [7, 11) is 3.26. The molecule has 1 rings (SSSR count). The lowest BCUT2D eigenvalue weighted by Crippen LogP contribution is -2.27. The summed E-state index contributed by atoms with van der Waals surface area (Å²) >= 11 is 0. The number of hydrogen-bond donors (Lipinski definition) is 2. The zero-order chi connectivity index (χ0) is 12.8. The van der Waals surface area contributed by atoms with Crippen LogP contribution in [0.1, 0.15) is 25.5 Å². The maximum atomic E-state index is 5.57. The Balaban J connectivity index is 3.14. The Morgan fingerprint density at radius 3 is 2.47 bits per heavy atom. The molecule has 1 aromatic carbocycles. The van der Waals surface area contributed by atoms with E-state index in [9.17, 15) is 0 Å². The van der Waals surface area contributed by atoms with Crippen molar-refractivity contribution in [2.75, 3.05) is 14.2 Å². The fraction of sp³-hybridized carbons (Fsp3) is 0.385. The van der Waals surface area contributed by atoms with Crippen molar-refractivity contribution >= 4 is 0 Å². The van der Waals surface area contributed by atoms with Gasteiger partial charge in [0, 0.05) is 11.6 Å². The normalized spacial score (nSPS) is 11.8. The van der Waals surface area contributed by atoms with E-state index >= 15 is 0 Å². The Hall–Kier alpha value is -1.52. The molecule has 0 aliphatic rings.